The minimum absolute atomic E-state index is 0.325. The van der Waals surface area contributed by atoms with Gasteiger partial charge >= 0.3 is 0 Å². The molecule has 0 fully saturated rings. The minimum Gasteiger partial charge on any atom is -0.507 e. The van der Waals surface area contributed by atoms with Crippen LogP contribution in [0.25, 0.3) is 21.5 Å². The van der Waals surface area contributed by atoms with Crippen LogP contribution in [0.15, 0.2) is 127 Å². The van der Waals surface area contributed by atoms with Crippen LogP contribution in [0.2, 0.25) is 0 Å². The average Bonchev–Trinajstić information content (AvgIpc) is 3.00. The molecule has 0 aromatic heterocycles. The Morgan fingerprint density at radius 2 is 0.932 bits per heavy atom. The summed E-state index contributed by atoms with van der Waals surface area (Å²) < 4.78 is 16.9. The van der Waals surface area contributed by atoms with Gasteiger partial charge < -0.3 is 9.67 Å². The molecule has 1 N–H and O–H groups in total. The molecule has 0 saturated heterocycles. The van der Waals surface area contributed by atoms with Crippen LogP contribution < -0.4 is 10.6 Å². The molecular weight excluding hydrogens is 555 g/mol. The van der Waals surface area contributed by atoms with Crippen molar-refractivity contribution in [2.75, 3.05) is 0 Å². The second-order valence-corrected chi connectivity index (χ2v) is 16.7. The lowest BCUT2D eigenvalue weighted by Gasteiger charge is -2.34. The zero-order valence-electron chi connectivity index (χ0n) is 26.5. The second-order valence-electron chi connectivity index (χ2n) is 13.9. The van der Waals surface area contributed by atoms with Crippen LogP contribution in [-0.2, 0) is 15.4 Å². The SMILES string of the molecule is CC(C)(C)c1cc(C(c2ccccc2)P(=O)(c2cccc3ccccc23)c2cccc3ccccc23)cc(C(C)(C)C)c1O. The highest BCUT2D eigenvalue weighted by atomic mass is 31.2. The van der Waals surface area contributed by atoms with Gasteiger partial charge in [-0.3, -0.25) is 0 Å². The highest BCUT2D eigenvalue weighted by Crippen LogP contribution is 2.62. The number of aromatic hydroxyl groups is 1. The Balaban J connectivity index is 1.82. The molecule has 6 rings (SSSR count). The zero-order valence-corrected chi connectivity index (χ0v) is 27.4. The van der Waals surface area contributed by atoms with Crippen molar-refractivity contribution in [2.24, 2.45) is 0 Å². The van der Waals surface area contributed by atoms with Gasteiger partial charge in [-0.25, -0.2) is 0 Å². The Hall–Kier alpha value is -4.13. The van der Waals surface area contributed by atoms with Gasteiger partial charge in [0.05, 0.1) is 5.66 Å². The smallest absolute Gasteiger partial charge is 0.155 e. The van der Waals surface area contributed by atoms with Gasteiger partial charge in [-0.1, -0.05) is 169 Å². The van der Waals surface area contributed by atoms with Crippen LogP contribution in [-0.4, -0.2) is 5.11 Å². The van der Waals surface area contributed by atoms with Crippen LogP contribution in [0.1, 0.15) is 69.5 Å². The maximum atomic E-state index is 16.9. The van der Waals surface area contributed by atoms with Crippen LogP contribution in [0.3, 0.4) is 0 Å². The lowest BCUT2D eigenvalue weighted by atomic mass is 9.78. The molecule has 6 aromatic rings. The largest absolute Gasteiger partial charge is 0.507 e. The fourth-order valence-corrected chi connectivity index (χ4v) is 10.3. The van der Waals surface area contributed by atoms with Gasteiger partial charge in [-0.05, 0) is 54.6 Å². The molecule has 0 aliphatic rings. The van der Waals surface area contributed by atoms with Gasteiger partial charge in [-0.2, -0.15) is 0 Å². The van der Waals surface area contributed by atoms with E-state index in [-0.39, 0.29) is 10.8 Å². The predicted molar refractivity (Wildman–Crippen MR) is 189 cm³/mol. The van der Waals surface area contributed by atoms with E-state index in [9.17, 15) is 5.11 Å². The minimum atomic E-state index is -3.51. The predicted octanol–water partition coefficient (Wildman–Crippen LogP) is 10.4. The lowest BCUT2D eigenvalue weighted by molar-refractivity contribution is 0.422. The molecule has 1 unspecified atom stereocenters. The molecule has 0 heterocycles. The first-order valence-corrected chi connectivity index (χ1v) is 17.2. The summed E-state index contributed by atoms with van der Waals surface area (Å²) in [6, 6.07) is 43.5. The van der Waals surface area contributed by atoms with E-state index in [1.807, 2.05) is 54.6 Å². The van der Waals surface area contributed by atoms with Gasteiger partial charge in [0.25, 0.3) is 0 Å². The van der Waals surface area contributed by atoms with Crippen LogP contribution in [0.5, 0.6) is 5.75 Å². The topological polar surface area (TPSA) is 37.3 Å². The van der Waals surface area contributed by atoms with Crippen LogP contribution in [0, 0.1) is 0 Å². The monoisotopic (exact) mass is 596 g/mol. The van der Waals surface area contributed by atoms with Gasteiger partial charge in [0.15, 0.2) is 7.14 Å². The van der Waals surface area contributed by atoms with E-state index in [1.54, 1.807) is 0 Å². The van der Waals surface area contributed by atoms with E-state index >= 15 is 4.57 Å². The molecular formula is C41H41O2P. The number of hydrogen-bond acceptors (Lipinski definition) is 2. The zero-order chi connectivity index (χ0) is 31.3. The Bertz CT molecular complexity index is 1900. The summed E-state index contributed by atoms with van der Waals surface area (Å²) in [4.78, 5) is 0. The normalized spacial score (nSPS) is 13.3. The first-order valence-electron chi connectivity index (χ1n) is 15.4. The van der Waals surface area contributed by atoms with Crippen molar-refractivity contribution >= 4 is 39.3 Å². The molecule has 6 aromatic carbocycles. The van der Waals surface area contributed by atoms with Crippen molar-refractivity contribution in [1.82, 2.24) is 0 Å². The van der Waals surface area contributed by atoms with E-state index in [0.717, 1.165) is 54.4 Å². The number of phenols is 1. The van der Waals surface area contributed by atoms with Crippen molar-refractivity contribution in [1.29, 1.82) is 0 Å². The van der Waals surface area contributed by atoms with Crippen molar-refractivity contribution in [3.63, 3.8) is 0 Å². The van der Waals surface area contributed by atoms with E-state index in [2.05, 4.69) is 114 Å². The summed E-state index contributed by atoms with van der Waals surface area (Å²) in [5.41, 5.74) is 2.51. The van der Waals surface area contributed by atoms with E-state index in [0.29, 0.717) is 5.75 Å². The first kappa shape index (κ1) is 29.9. The number of benzene rings is 6. The molecule has 222 valence electrons. The summed E-state index contributed by atoms with van der Waals surface area (Å²) in [5, 5.41) is 17.5. The third-order valence-electron chi connectivity index (χ3n) is 8.79. The molecule has 2 nitrogen and oxygen atoms in total. The fourth-order valence-electron chi connectivity index (χ4n) is 6.61. The molecule has 1 atom stereocenters. The summed E-state index contributed by atoms with van der Waals surface area (Å²) in [5.74, 6) is 0.325. The van der Waals surface area contributed by atoms with Crippen molar-refractivity contribution < 1.29 is 9.67 Å². The Morgan fingerprint density at radius 3 is 1.39 bits per heavy atom. The molecule has 0 saturated carbocycles. The maximum absolute atomic E-state index is 16.9. The van der Waals surface area contributed by atoms with Crippen molar-refractivity contribution in [2.45, 2.75) is 58.0 Å². The summed E-state index contributed by atoms with van der Waals surface area (Å²) in [7, 11) is -3.51. The molecule has 0 amide bonds. The van der Waals surface area contributed by atoms with Crippen LogP contribution >= 0.6 is 7.14 Å². The molecule has 3 heteroatoms. The van der Waals surface area contributed by atoms with Crippen LogP contribution in [0.4, 0.5) is 0 Å². The van der Waals surface area contributed by atoms with E-state index in [4.69, 9.17) is 0 Å². The Kier molecular flexibility index (Phi) is 7.55. The molecule has 0 spiro atoms. The summed E-state index contributed by atoms with van der Waals surface area (Å²) >= 11 is 0. The van der Waals surface area contributed by atoms with Crippen molar-refractivity contribution in [3.8, 4) is 5.75 Å². The van der Waals surface area contributed by atoms with Gasteiger partial charge in [-0.15, -0.1) is 0 Å². The molecule has 0 aliphatic carbocycles. The van der Waals surface area contributed by atoms with Gasteiger partial charge in [0.1, 0.15) is 5.75 Å². The summed E-state index contributed by atoms with van der Waals surface area (Å²) in [6.45, 7) is 12.8. The molecule has 0 radical (unpaired) electrons. The number of fused-ring (bicyclic) bond motifs is 2. The summed E-state index contributed by atoms with van der Waals surface area (Å²) in [6.07, 6.45) is 0. The Morgan fingerprint density at radius 1 is 0.523 bits per heavy atom. The standard InChI is InChI=1S/C41H41O2P/c1-40(2,3)34-26-31(27-35(38(34)42)41(4,5)6)39(30-18-8-7-9-19-30)44(43,36-24-14-20-28-16-10-12-22-32(28)36)37-25-15-21-29-17-11-13-23-33(29)37/h7-27,39,42H,1-6H3. The highest BCUT2D eigenvalue weighted by molar-refractivity contribution is 7.80. The number of hydrogen-bond donors (Lipinski definition) is 1. The first-order chi connectivity index (χ1) is 20.9. The Labute approximate surface area is 261 Å². The lowest BCUT2D eigenvalue weighted by Crippen LogP contribution is -2.25. The third-order valence-corrected chi connectivity index (χ3v) is 12.3. The second kappa shape index (κ2) is 11.1. The number of rotatable bonds is 5. The van der Waals surface area contributed by atoms with Gasteiger partial charge in [0.2, 0.25) is 0 Å². The fraction of sp³-hybridized carbons (Fsp3) is 0.220. The maximum Gasteiger partial charge on any atom is 0.155 e. The molecule has 44 heavy (non-hydrogen) atoms. The molecule has 0 aliphatic heterocycles. The molecule has 0 bridgehead atoms. The quantitative estimate of drug-likeness (QED) is 0.201. The van der Waals surface area contributed by atoms with E-state index < -0.39 is 12.8 Å². The van der Waals surface area contributed by atoms with Gasteiger partial charge in [0, 0.05) is 10.6 Å². The third kappa shape index (κ3) is 5.16. The highest BCUT2D eigenvalue weighted by Gasteiger charge is 2.42. The van der Waals surface area contributed by atoms with E-state index in [1.165, 1.54) is 0 Å². The number of phenolic OH excluding ortho intramolecular Hbond substituents is 1. The average molecular weight is 597 g/mol. The van der Waals surface area contributed by atoms with Crippen molar-refractivity contribution in [3.05, 3.63) is 150 Å².